The summed E-state index contributed by atoms with van der Waals surface area (Å²) in [6.45, 7) is -0.0928. The van der Waals surface area contributed by atoms with Crippen LogP contribution in [0.3, 0.4) is 0 Å². The molecule has 0 bridgehead atoms. The van der Waals surface area contributed by atoms with Crippen LogP contribution in [0.4, 0.5) is 11.4 Å². The fraction of sp³-hybridized carbons (Fsp3) is 0.0588. The van der Waals surface area contributed by atoms with E-state index in [-0.39, 0.29) is 12.5 Å². The Hall–Kier alpha value is -3.08. The zero-order valence-electron chi connectivity index (χ0n) is 11.8. The first-order valence-corrected chi connectivity index (χ1v) is 6.84. The fourth-order valence-corrected chi connectivity index (χ4v) is 2.15. The number of nitrogens with zero attached hydrogens (tertiary/aromatic N) is 1. The summed E-state index contributed by atoms with van der Waals surface area (Å²) in [5.41, 5.74) is 7.65. The minimum Gasteiger partial charge on any atom is -0.481 e. The highest BCUT2D eigenvalue weighted by atomic mass is 16.5. The topological polar surface area (TPSA) is 77.2 Å². The molecule has 0 fully saturated rings. The zero-order chi connectivity index (χ0) is 15.4. The van der Waals surface area contributed by atoms with Gasteiger partial charge in [-0.1, -0.05) is 24.3 Å². The molecule has 1 heterocycles. The molecular weight excluding hydrogens is 278 g/mol. The maximum Gasteiger partial charge on any atom is 0.262 e. The maximum atomic E-state index is 11.9. The molecule has 0 unspecified atom stereocenters. The summed E-state index contributed by atoms with van der Waals surface area (Å²) < 4.78 is 5.58. The molecule has 0 aliphatic rings. The molecule has 0 saturated carbocycles. The summed E-state index contributed by atoms with van der Waals surface area (Å²) in [5.74, 6) is 0.333. The van der Waals surface area contributed by atoms with E-state index >= 15 is 0 Å². The van der Waals surface area contributed by atoms with Crippen LogP contribution in [0.1, 0.15) is 0 Å². The second kappa shape index (κ2) is 6.13. The molecule has 0 spiro atoms. The Morgan fingerprint density at radius 2 is 1.95 bits per heavy atom. The van der Waals surface area contributed by atoms with E-state index in [1.54, 1.807) is 36.5 Å². The van der Waals surface area contributed by atoms with Crippen molar-refractivity contribution in [2.75, 3.05) is 17.7 Å². The summed E-state index contributed by atoms with van der Waals surface area (Å²) in [5, 5.41) is 3.71. The number of benzene rings is 2. The van der Waals surface area contributed by atoms with Crippen molar-refractivity contribution >= 4 is 28.2 Å². The molecule has 5 nitrogen and oxygen atoms in total. The molecule has 1 aromatic heterocycles. The number of pyridine rings is 1. The highest BCUT2D eigenvalue weighted by molar-refractivity contribution is 5.92. The van der Waals surface area contributed by atoms with Gasteiger partial charge in [0.2, 0.25) is 0 Å². The van der Waals surface area contributed by atoms with Gasteiger partial charge in [-0.15, -0.1) is 0 Å². The Balaban J connectivity index is 1.68. The highest BCUT2D eigenvalue weighted by Crippen LogP contribution is 2.22. The number of para-hydroxylation sites is 1. The number of anilines is 2. The lowest BCUT2D eigenvalue weighted by atomic mass is 10.2. The number of nitrogens with two attached hydrogens (primary N) is 1. The lowest BCUT2D eigenvalue weighted by Crippen LogP contribution is -2.20. The Labute approximate surface area is 127 Å². The second-order valence-electron chi connectivity index (χ2n) is 4.79. The Morgan fingerprint density at radius 1 is 1.14 bits per heavy atom. The van der Waals surface area contributed by atoms with Crippen LogP contribution in [0.5, 0.6) is 5.75 Å². The minimum atomic E-state index is -0.251. The molecule has 1 amide bonds. The standard InChI is InChI=1S/C17H15N3O2/c18-13-6-2-7-14(10-13)20-16(21)11-22-15-8-1-4-12-5-3-9-19-17(12)15/h1-10H,11,18H2,(H,20,21). The fourth-order valence-electron chi connectivity index (χ4n) is 2.15. The zero-order valence-corrected chi connectivity index (χ0v) is 11.8. The number of hydrogen-bond donors (Lipinski definition) is 2. The molecule has 0 saturated heterocycles. The number of carbonyl (C=O) groups is 1. The van der Waals surface area contributed by atoms with E-state index in [1.807, 2.05) is 24.3 Å². The van der Waals surface area contributed by atoms with Crippen LogP contribution >= 0.6 is 0 Å². The van der Waals surface area contributed by atoms with Crippen molar-refractivity contribution < 1.29 is 9.53 Å². The molecule has 3 aromatic rings. The third kappa shape index (κ3) is 3.15. The van der Waals surface area contributed by atoms with Crippen molar-refractivity contribution in [2.45, 2.75) is 0 Å². The molecular formula is C17H15N3O2. The van der Waals surface area contributed by atoms with Crippen molar-refractivity contribution in [2.24, 2.45) is 0 Å². The first-order valence-electron chi connectivity index (χ1n) is 6.84. The van der Waals surface area contributed by atoms with E-state index in [1.165, 1.54) is 0 Å². The third-order valence-corrected chi connectivity index (χ3v) is 3.12. The van der Waals surface area contributed by atoms with Crippen LogP contribution < -0.4 is 15.8 Å². The molecule has 3 N–H and O–H groups in total. The Kier molecular flexibility index (Phi) is 3.87. The summed E-state index contributed by atoms with van der Waals surface area (Å²) in [6, 6.07) is 16.4. The SMILES string of the molecule is Nc1cccc(NC(=O)COc2cccc3cccnc23)c1. The number of fused-ring (bicyclic) bond motifs is 1. The van der Waals surface area contributed by atoms with Gasteiger partial charge in [0.15, 0.2) is 6.61 Å². The van der Waals surface area contributed by atoms with Gasteiger partial charge in [-0.2, -0.15) is 0 Å². The van der Waals surface area contributed by atoms with Crippen molar-refractivity contribution in [3.8, 4) is 5.75 Å². The Morgan fingerprint density at radius 3 is 2.82 bits per heavy atom. The molecule has 0 aliphatic carbocycles. The van der Waals surface area contributed by atoms with E-state index in [2.05, 4.69) is 10.3 Å². The predicted molar refractivity (Wildman–Crippen MR) is 86.7 cm³/mol. The molecule has 0 radical (unpaired) electrons. The quantitative estimate of drug-likeness (QED) is 0.725. The van der Waals surface area contributed by atoms with Gasteiger partial charge in [-0.3, -0.25) is 9.78 Å². The average Bonchev–Trinajstić information content (AvgIpc) is 2.53. The van der Waals surface area contributed by atoms with E-state index in [4.69, 9.17) is 10.5 Å². The van der Waals surface area contributed by atoms with Gasteiger partial charge >= 0.3 is 0 Å². The molecule has 3 rings (SSSR count). The smallest absolute Gasteiger partial charge is 0.262 e. The van der Waals surface area contributed by atoms with E-state index in [0.29, 0.717) is 17.1 Å². The number of nitrogens with one attached hydrogen (secondary N) is 1. The van der Waals surface area contributed by atoms with Crippen LogP contribution in [0.25, 0.3) is 10.9 Å². The van der Waals surface area contributed by atoms with Crippen LogP contribution in [-0.4, -0.2) is 17.5 Å². The summed E-state index contributed by atoms with van der Waals surface area (Å²) in [4.78, 5) is 16.2. The maximum absolute atomic E-state index is 11.9. The Bertz CT molecular complexity index is 812. The molecule has 0 aliphatic heterocycles. The van der Waals surface area contributed by atoms with Crippen molar-refractivity contribution in [1.82, 2.24) is 4.98 Å². The second-order valence-corrected chi connectivity index (χ2v) is 4.79. The van der Waals surface area contributed by atoms with Gasteiger partial charge in [0.1, 0.15) is 11.3 Å². The number of ether oxygens (including phenoxy) is 1. The largest absolute Gasteiger partial charge is 0.481 e. The number of carbonyl (C=O) groups excluding carboxylic acids is 1. The number of amides is 1. The highest BCUT2D eigenvalue weighted by Gasteiger charge is 2.07. The normalized spacial score (nSPS) is 10.4. The molecule has 2 aromatic carbocycles. The predicted octanol–water partition coefficient (Wildman–Crippen LogP) is 2.83. The number of nitrogen functional groups attached to an aromatic ring is 1. The van der Waals surface area contributed by atoms with Gasteiger partial charge in [0.05, 0.1) is 0 Å². The average molecular weight is 293 g/mol. The van der Waals surface area contributed by atoms with Gasteiger partial charge in [-0.05, 0) is 30.3 Å². The molecule has 22 heavy (non-hydrogen) atoms. The molecule has 5 heteroatoms. The van der Waals surface area contributed by atoms with Gasteiger partial charge in [0, 0.05) is 23.0 Å². The van der Waals surface area contributed by atoms with Crippen molar-refractivity contribution in [1.29, 1.82) is 0 Å². The number of aromatic nitrogens is 1. The first-order chi connectivity index (χ1) is 10.7. The van der Waals surface area contributed by atoms with E-state index in [9.17, 15) is 4.79 Å². The number of hydrogen-bond acceptors (Lipinski definition) is 4. The summed E-state index contributed by atoms with van der Waals surface area (Å²) in [6.07, 6.45) is 1.70. The third-order valence-electron chi connectivity index (χ3n) is 3.12. The molecule has 110 valence electrons. The van der Waals surface area contributed by atoms with Crippen LogP contribution in [-0.2, 0) is 4.79 Å². The van der Waals surface area contributed by atoms with Crippen molar-refractivity contribution in [3.05, 3.63) is 60.8 Å². The van der Waals surface area contributed by atoms with E-state index in [0.717, 1.165) is 10.9 Å². The van der Waals surface area contributed by atoms with Gasteiger partial charge in [-0.25, -0.2) is 0 Å². The van der Waals surface area contributed by atoms with Crippen LogP contribution in [0.15, 0.2) is 60.8 Å². The lowest BCUT2D eigenvalue weighted by Gasteiger charge is -2.09. The monoisotopic (exact) mass is 293 g/mol. The van der Waals surface area contributed by atoms with Crippen LogP contribution in [0, 0.1) is 0 Å². The van der Waals surface area contributed by atoms with Gasteiger partial charge in [0.25, 0.3) is 5.91 Å². The minimum absolute atomic E-state index is 0.0928. The van der Waals surface area contributed by atoms with Crippen LogP contribution in [0.2, 0.25) is 0 Å². The van der Waals surface area contributed by atoms with Gasteiger partial charge < -0.3 is 15.8 Å². The lowest BCUT2D eigenvalue weighted by molar-refractivity contribution is -0.118. The first kappa shape index (κ1) is 13.9. The molecule has 0 atom stereocenters. The summed E-state index contributed by atoms with van der Waals surface area (Å²) in [7, 11) is 0. The number of rotatable bonds is 4. The summed E-state index contributed by atoms with van der Waals surface area (Å²) >= 11 is 0. The van der Waals surface area contributed by atoms with Crippen molar-refractivity contribution in [3.63, 3.8) is 0 Å². The van der Waals surface area contributed by atoms with E-state index < -0.39 is 0 Å².